The van der Waals surface area contributed by atoms with E-state index in [1.807, 2.05) is 13.8 Å². The van der Waals surface area contributed by atoms with Gasteiger partial charge in [0.1, 0.15) is 12.1 Å². The zero-order valence-electron chi connectivity index (χ0n) is 17.4. The lowest BCUT2D eigenvalue weighted by Gasteiger charge is -2.36. The summed E-state index contributed by atoms with van der Waals surface area (Å²) in [6.07, 6.45) is 9.36. The molecule has 160 valence electrons. The SMILES string of the molecule is CCN(C(=O)COC(=O)CN1C(=O)N[C@@]2(CCCC[C@H]2C)C1=O)C1=CCCCC1. The van der Waals surface area contributed by atoms with Gasteiger partial charge in [-0.05, 0) is 51.4 Å². The molecule has 2 aliphatic carbocycles. The number of imide groups is 1. The normalized spacial score (nSPS) is 26.9. The van der Waals surface area contributed by atoms with Crippen LogP contribution in [0.2, 0.25) is 0 Å². The smallest absolute Gasteiger partial charge is 0.326 e. The Kier molecular flexibility index (Phi) is 6.59. The van der Waals surface area contributed by atoms with Crippen molar-refractivity contribution in [3.05, 3.63) is 11.8 Å². The molecule has 0 aromatic heterocycles. The van der Waals surface area contributed by atoms with Crippen LogP contribution in [-0.2, 0) is 19.1 Å². The van der Waals surface area contributed by atoms with Gasteiger partial charge in [0, 0.05) is 12.2 Å². The number of allylic oxidation sites excluding steroid dienone is 2. The van der Waals surface area contributed by atoms with Crippen LogP contribution in [0.4, 0.5) is 4.79 Å². The van der Waals surface area contributed by atoms with Crippen molar-refractivity contribution in [2.45, 2.75) is 70.8 Å². The van der Waals surface area contributed by atoms with Gasteiger partial charge < -0.3 is 15.0 Å². The third-order valence-corrected chi connectivity index (χ3v) is 6.38. The van der Waals surface area contributed by atoms with Crippen molar-refractivity contribution >= 4 is 23.8 Å². The average Bonchev–Trinajstić information content (AvgIpc) is 2.95. The first-order valence-electron chi connectivity index (χ1n) is 10.7. The van der Waals surface area contributed by atoms with E-state index in [0.717, 1.165) is 55.5 Å². The Labute approximate surface area is 171 Å². The molecular formula is C21H31N3O5. The number of ether oxygens (including phenoxy) is 1. The number of likely N-dealkylation sites (N-methyl/N-ethyl adjacent to an activating group) is 1. The zero-order valence-corrected chi connectivity index (χ0v) is 17.4. The molecule has 0 aromatic carbocycles. The highest BCUT2D eigenvalue weighted by molar-refractivity contribution is 6.09. The Morgan fingerprint density at radius 3 is 2.72 bits per heavy atom. The van der Waals surface area contributed by atoms with E-state index in [2.05, 4.69) is 11.4 Å². The number of urea groups is 1. The van der Waals surface area contributed by atoms with Gasteiger partial charge in [-0.3, -0.25) is 19.3 Å². The number of nitrogens with one attached hydrogen (secondary N) is 1. The molecule has 3 rings (SSSR count). The van der Waals surface area contributed by atoms with Crippen LogP contribution < -0.4 is 5.32 Å². The van der Waals surface area contributed by atoms with E-state index >= 15 is 0 Å². The van der Waals surface area contributed by atoms with Crippen molar-refractivity contribution in [3.63, 3.8) is 0 Å². The molecule has 2 fully saturated rings. The van der Waals surface area contributed by atoms with Gasteiger partial charge in [-0.25, -0.2) is 4.79 Å². The average molecular weight is 405 g/mol. The van der Waals surface area contributed by atoms with Gasteiger partial charge in [0.15, 0.2) is 6.61 Å². The van der Waals surface area contributed by atoms with Crippen LogP contribution >= 0.6 is 0 Å². The van der Waals surface area contributed by atoms with Crippen molar-refractivity contribution < 1.29 is 23.9 Å². The zero-order chi connectivity index (χ0) is 21.0. The number of rotatable bonds is 6. The highest BCUT2D eigenvalue weighted by Gasteiger charge is 2.55. The van der Waals surface area contributed by atoms with Crippen molar-refractivity contribution in [2.75, 3.05) is 19.7 Å². The second kappa shape index (κ2) is 8.97. The predicted molar refractivity (Wildman–Crippen MR) is 106 cm³/mol. The fraction of sp³-hybridized carbons (Fsp3) is 0.714. The van der Waals surface area contributed by atoms with Gasteiger partial charge in [0.05, 0.1) is 0 Å². The highest BCUT2D eigenvalue weighted by atomic mass is 16.5. The summed E-state index contributed by atoms with van der Waals surface area (Å²) in [5, 5.41) is 2.81. The van der Waals surface area contributed by atoms with Crippen molar-refractivity contribution in [2.24, 2.45) is 5.92 Å². The minimum Gasteiger partial charge on any atom is -0.454 e. The lowest BCUT2D eigenvalue weighted by Crippen LogP contribution is -2.54. The molecule has 4 amide bonds. The largest absolute Gasteiger partial charge is 0.454 e. The molecule has 1 saturated carbocycles. The summed E-state index contributed by atoms with van der Waals surface area (Å²) in [7, 11) is 0. The summed E-state index contributed by atoms with van der Waals surface area (Å²) in [6, 6.07) is -0.561. The number of hydrogen-bond acceptors (Lipinski definition) is 5. The van der Waals surface area contributed by atoms with Crippen LogP contribution in [0.5, 0.6) is 0 Å². The molecule has 2 atom stereocenters. The Morgan fingerprint density at radius 2 is 2.07 bits per heavy atom. The lowest BCUT2D eigenvalue weighted by atomic mass is 9.73. The summed E-state index contributed by atoms with van der Waals surface area (Å²) >= 11 is 0. The van der Waals surface area contributed by atoms with Crippen molar-refractivity contribution in [3.8, 4) is 0 Å². The van der Waals surface area contributed by atoms with Gasteiger partial charge in [-0.2, -0.15) is 0 Å². The molecule has 0 bridgehead atoms. The fourth-order valence-electron chi connectivity index (χ4n) is 4.64. The first-order valence-corrected chi connectivity index (χ1v) is 10.7. The molecular weight excluding hydrogens is 374 g/mol. The van der Waals surface area contributed by atoms with Crippen LogP contribution in [0.15, 0.2) is 11.8 Å². The summed E-state index contributed by atoms with van der Waals surface area (Å²) in [5.41, 5.74) is 0.0693. The Bertz CT molecular complexity index is 719. The summed E-state index contributed by atoms with van der Waals surface area (Å²) in [4.78, 5) is 52.5. The molecule has 0 aromatic rings. The molecule has 0 unspecified atom stereocenters. The Balaban J connectivity index is 1.55. The molecule has 0 radical (unpaired) electrons. The Morgan fingerprint density at radius 1 is 1.28 bits per heavy atom. The number of esters is 1. The summed E-state index contributed by atoms with van der Waals surface area (Å²) < 4.78 is 5.11. The minimum atomic E-state index is -0.905. The highest BCUT2D eigenvalue weighted by Crippen LogP contribution is 2.38. The number of nitrogens with zero attached hydrogens (tertiary/aromatic N) is 2. The Hall–Kier alpha value is -2.38. The molecule has 1 heterocycles. The molecule has 1 spiro atoms. The quantitative estimate of drug-likeness (QED) is 0.540. The third kappa shape index (κ3) is 4.31. The maximum Gasteiger partial charge on any atom is 0.326 e. The lowest BCUT2D eigenvalue weighted by molar-refractivity contribution is -0.153. The fourth-order valence-corrected chi connectivity index (χ4v) is 4.64. The van der Waals surface area contributed by atoms with E-state index < -0.39 is 30.7 Å². The van der Waals surface area contributed by atoms with Crippen molar-refractivity contribution in [1.29, 1.82) is 0 Å². The summed E-state index contributed by atoms with van der Waals surface area (Å²) in [5.74, 6) is -1.38. The second-order valence-corrected chi connectivity index (χ2v) is 8.18. The second-order valence-electron chi connectivity index (χ2n) is 8.18. The standard InChI is InChI=1S/C21H31N3O5/c1-3-23(16-10-5-4-6-11-16)17(25)14-29-18(26)13-24-19(27)21(22-20(24)28)12-8-7-9-15(21)2/h10,15H,3-9,11-14H2,1-2H3,(H,22,28)/t15-,21-/m1/s1. The molecule has 3 aliphatic rings. The molecule has 1 aliphatic heterocycles. The van der Waals surface area contributed by atoms with Crippen LogP contribution in [0.25, 0.3) is 0 Å². The predicted octanol–water partition coefficient (Wildman–Crippen LogP) is 2.34. The van der Waals surface area contributed by atoms with E-state index in [-0.39, 0.29) is 17.7 Å². The van der Waals surface area contributed by atoms with E-state index in [4.69, 9.17) is 4.74 Å². The summed E-state index contributed by atoms with van der Waals surface area (Å²) in [6.45, 7) is 3.48. The van der Waals surface area contributed by atoms with Crippen LogP contribution in [0, 0.1) is 5.92 Å². The van der Waals surface area contributed by atoms with Crippen molar-refractivity contribution in [1.82, 2.24) is 15.1 Å². The van der Waals surface area contributed by atoms with Crippen LogP contribution in [0.3, 0.4) is 0 Å². The third-order valence-electron chi connectivity index (χ3n) is 6.38. The van der Waals surface area contributed by atoms with Crippen LogP contribution in [-0.4, -0.2) is 58.8 Å². The van der Waals surface area contributed by atoms with Crippen LogP contribution in [0.1, 0.15) is 65.2 Å². The first-order chi connectivity index (χ1) is 13.9. The maximum absolute atomic E-state index is 12.9. The van der Waals surface area contributed by atoms with Gasteiger partial charge in [-0.15, -0.1) is 0 Å². The van der Waals surface area contributed by atoms with E-state index in [1.54, 1.807) is 4.90 Å². The van der Waals surface area contributed by atoms with E-state index in [0.29, 0.717) is 13.0 Å². The minimum absolute atomic E-state index is 0.0252. The van der Waals surface area contributed by atoms with E-state index in [1.165, 1.54) is 0 Å². The first kappa shape index (κ1) is 21.3. The molecule has 1 saturated heterocycles. The monoisotopic (exact) mass is 405 g/mol. The molecule has 8 heteroatoms. The van der Waals surface area contributed by atoms with Gasteiger partial charge in [0.25, 0.3) is 11.8 Å². The number of amides is 4. The van der Waals surface area contributed by atoms with E-state index in [9.17, 15) is 19.2 Å². The number of carbonyl (C=O) groups excluding carboxylic acids is 4. The van der Waals surface area contributed by atoms with Gasteiger partial charge >= 0.3 is 12.0 Å². The molecule has 8 nitrogen and oxygen atoms in total. The van der Waals surface area contributed by atoms with Gasteiger partial charge in [-0.1, -0.05) is 25.8 Å². The maximum atomic E-state index is 12.9. The van der Waals surface area contributed by atoms with Gasteiger partial charge in [0.2, 0.25) is 0 Å². The number of hydrogen-bond donors (Lipinski definition) is 1. The molecule has 1 N–H and O–H groups in total. The molecule has 29 heavy (non-hydrogen) atoms. The number of carbonyl (C=O) groups is 4. The topological polar surface area (TPSA) is 96.0 Å².